The van der Waals surface area contributed by atoms with Crippen LogP contribution in [0.3, 0.4) is 0 Å². The number of fused-ring (bicyclic) bond motifs is 3. The Labute approximate surface area is 125 Å². The molecule has 4 atom stereocenters. The van der Waals surface area contributed by atoms with Gasteiger partial charge in [0, 0.05) is 0 Å². The van der Waals surface area contributed by atoms with Crippen molar-refractivity contribution in [3.8, 4) is 0 Å². The molecule has 6 nitrogen and oxygen atoms in total. The van der Waals surface area contributed by atoms with Gasteiger partial charge in [-0.25, -0.2) is 0 Å². The third kappa shape index (κ3) is 1.73. The zero-order chi connectivity index (χ0) is 15.4. The summed E-state index contributed by atoms with van der Waals surface area (Å²) in [5.41, 5.74) is 1.54. The maximum atomic E-state index is 11.9. The Balaban J connectivity index is 1.81. The van der Waals surface area contributed by atoms with Crippen molar-refractivity contribution < 1.29 is 28.7 Å². The Hall–Kier alpha value is -2.50. The molecule has 0 radical (unpaired) electrons. The van der Waals surface area contributed by atoms with Gasteiger partial charge in [-0.1, -0.05) is 24.3 Å². The summed E-state index contributed by atoms with van der Waals surface area (Å²) >= 11 is 0. The van der Waals surface area contributed by atoms with Gasteiger partial charge in [0.25, 0.3) is 0 Å². The number of cyclic esters (lactones) is 4. The minimum Gasteiger partial charge on any atom is -0.393 e. The van der Waals surface area contributed by atoms with Crippen LogP contribution in [0.15, 0.2) is 24.3 Å². The molecule has 112 valence electrons. The molecule has 3 aliphatic rings. The second kappa shape index (κ2) is 4.50. The fraction of sp³-hybridized carbons (Fsp3) is 0.375. The summed E-state index contributed by atoms with van der Waals surface area (Å²) in [6, 6.07) is 7.21. The summed E-state index contributed by atoms with van der Waals surface area (Å²) in [4.78, 5) is 47.1. The van der Waals surface area contributed by atoms with Gasteiger partial charge >= 0.3 is 23.9 Å². The summed E-state index contributed by atoms with van der Waals surface area (Å²) < 4.78 is 9.40. The van der Waals surface area contributed by atoms with Gasteiger partial charge in [-0.3, -0.25) is 19.2 Å². The SMILES string of the molecule is O=C1C[C@@H]([C@@H]2C[C@@H]3C(=O)OC(=O)[C@@H]3c3ccccc32)C(=O)O1. The molecule has 6 heteroatoms. The zero-order valence-electron chi connectivity index (χ0n) is 11.5. The molecule has 1 aromatic rings. The largest absolute Gasteiger partial charge is 0.393 e. The second-order valence-electron chi connectivity index (χ2n) is 5.90. The van der Waals surface area contributed by atoms with Crippen molar-refractivity contribution in [1.29, 1.82) is 0 Å². The van der Waals surface area contributed by atoms with E-state index in [2.05, 4.69) is 4.74 Å². The van der Waals surface area contributed by atoms with Gasteiger partial charge in [-0.05, 0) is 23.5 Å². The topological polar surface area (TPSA) is 86.7 Å². The lowest BCUT2D eigenvalue weighted by molar-refractivity contribution is -0.155. The minimum atomic E-state index is -0.604. The van der Waals surface area contributed by atoms with Crippen LogP contribution in [-0.4, -0.2) is 23.9 Å². The van der Waals surface area contributed by atoms with E-state index in [1.165, 1.54) is 0 Å². The van der Waals surface area contributed by atoms with E-state index in [9.17, 15) is 19.2 Å². The van der Waals surface area contributed by atoms with Gasteiger partial charge in [0.05, 0.1) is 24.2 Å². The molecule has 0 spiro atoms. The molecule has 0 amide bonds. The minimum absolute atomic E-state index is 0.0121. The second-order valence-corrected chi connectivity index (χ2v) is 5.90. The third-order valence-electron chi connectivity index (χ3n) is 4.79. The van der Waals surface area contributed by atoms with Crippen molar-refractivity contribution in [2.24, 2.45) is 11.8 Å². The van der Waals surface area contributed by atoms with Gasteiger partial charge in [0.15, 0.2) is 0 Å². The maximum absolute atomic E-state index is 11.9. The molecule has 4 rings (SSSR count). The number of ether oxygens (including phenoxy) is 2. The van der Waals surface area contributed by atoms with Gasteiger partial charge in [-0.15, -0.1) is 0 Å². The summed E-state index contributed by atoms with van der Waals surface area (Å²) in [7, 11) is 0. The van der Waals surface area contributed by atoms with Crippen molar-refractivity contribution >= 4 is 23.9 Å². The van der Waals surface area contributed by atoms with Crippen LogP contribution in [0.2, 0.25) is 0 Å². The number of carbonyl (C=O) groups excluding carboxylic acids is 4. The van der Waals surface area contributed by atoms with Crippen molar-refractivity contribution in [2.75, 3.05) is 0 Å². The zero-order valence-corrected chi connectivity index (χ0v) is 11.5. The monoisotopic (exact) mass is 300 g/mol. The lowest BCUT2D eigenvalue weighted by Gasteiger charge is -2.32. The van der Waals surface area contributed by atoms with Crippen LogP contribution in [0, 0.1) is 11.8 Å². The van der Waals surface area contributed by atoms with E-state index in [4.69, 9.17) is 4.74 Å². The molecule has 2 saturated heterocycles. The van der Waals surface area contributed by atoms with Crippen LogP contribution in [-0.2, 0) is 28.7 Å². The number of rotatable bonds is 1. The van der Waals surface area contributed by atoms with Crippen molar-refractivity contribution in [2.45, 2.75) is 24.7 Å². The van der Waals surface area contributed by atoms with Crippen LogP contribution in [0.5, 0.6) is 0 Å². The highest BCUT2D eigenvalue weighted by molar-refractivity contribution is 6.01. The molecule has 2 aliphatic heterocycles. The molecule has 0 N–H and O–H groups in total. The summed E-state index contributed by atoms with van der Waals surface area (Å²) in [6.07, 6.45) is 0.331. The molecule has 0 aromatic heterocycles. The van der Waals surface area contributed by atoms with Crippen LogP contribution < -0.4 is 0 Å². The predicted octanol–water partition coefficient (Wildman–Crippen LogP) is 1.05. The van der Waals surface area contributed by atoms with Crippen LogP contribution in [0.4, 0.5) is 0 Å². The third-order valence-corrected chi connectivity index (χ3v) is 4.79. The molecule has 1 aliphatic carbocycles. The van der Waals surface area contributed by atoms with Crippen molar-refractivity contribution in [1.82, 2.24) is 0 Å². The Morgan fingerprint density at radius 3 is 2.14 bits per heavy atom. The highest BCUT2D eigenvalue weighted by atomic mass is 16.6. The van der Waals surface area contributed by atoms with Crippen molar-refractivity contribution in [3.63, 3.8) is 0 Å². The number of hydrogen-bond donors (Lipinski definition) is 0. The fourth-order valence-electron chi connectivity index (χ4n) is 3.83. The number of esters is 4. The average molecular weight is 300 g/mol. The Bertz CT molecular complexity index is 721. The molecule has 22 heavy (non-hydrogen) atoms. The van der Waals surface area contributed by atoms with E-state index in [0.717, 1.165) is 5.56 Å². The molecular formula is C16H12O6. The maximum Gasteiger partial charge on any atom is 0.321 e. The molecular weight excluding hydrogens is 288 g/mol. The van der Waals surface area contributed by atoms with Gasteiger partial charge in [-0.2, -0.15) is 0 Å². The van der Waals surface area contributed by atoms with Gasteiger partial charge in [0.2, 0.25) is 0 Å². The smallest absolute Gasteiger partial charge is 0.321 e. The predicted molar refractivity (Wildman–Crippen MR) is 70.3 cm³/mol. The van der Waals surface area contributed by atoms with E-state index in [1.54, 1.807) is 12.1 Å². The molecule has 0 saturated carbocycles. The van der Waals surface area contributed by atoms with E-state index >= 15 is 0 Å². The van der Waals surface area contributed by atoms with Crippen LogP contribution >= 0.6 is 0 Å². The van der Waals surface area contributed by atoms with Crippen LogP contribution in [0.25, 0.3) is 0 Å². The highest BCUT2D eigenvalue weighted by Gasteiger charge is 2.53. The Kier molecular flexibility index (Phi) is 2.69. The summed E-state index contributed by atoms with van der Waals surface area (Å²) in [5.74, 6) is -4.28. The van der Waals surface area contributed by atoms with E-state index in [0.29, 0.717) is 12.0 Å². The summed E-state index contributed by atoms with van der Waals surface area (Å²) in [6.45, 7) is 0. The first-order valence-corrected chi connectivity index (χ1v) is 7.15. The highest BCUT2D eigenvalue weighted by Crippen LogP contribution is 2.50. The molecule has 0 unspecified atom stereocenters. The van der Waals surface area contributed by atoms with E-state index < -0.39 is 41.6 Å². The Morgan fingerprint density at radius 1 is 0.773 bits per heavy atom. The first-order valence-electron chi connectivity index (χ1n) is 7.15. The van der Waals surface area contributed by atoms with Gasteiger partial charge in [0.1, 0.15) is 0 Å². The molecule has 0 bridgehead atoms. The van der Waals surface area contributed by atoms with Crippen LogP contribution in [0.1, 0.15) is 35.8 Å². The standard InChI is InChI=1S/C16H12O6/c17-12-6-10(14(18)21-12)9-5-11-13(16(20)22-15(11)19)8-4-2-1-3-7(8)9/h1-4,9-11,13H,5-6H2/t9-,10+,11+,13-/m1/s1. The fourth-order valence-corrected chi connectivity index (χ4v) is 3.83. The summed E-state index contributed by atoms with van der Waals surface area (Å²) in [5, 5.41) is 0. The first kappa shape index (κ1) is 13.2. The quantitative estimate of drug-likeness (QED) is 0.569. The van der Waals surface area contributed by atoms with Crippen molar-refractivity contribution in [3.05, 3.63) is 35.4 Å². The molecule has 2 heterocycles. The first-order chi connectivity index (χ1) is 10.6. The molecule has 2 fully saturated rings. The number of benzene rings is 1. The lowest BCUT2D eigenvalue weighted by atomic mass is 9.67. The lowest BCUT2D eigenvalue weighted by Crippen LogP contribution is -2.31. The average Bonchev–Trinajstić information content (AvgIpc) is 2.97. The van der Waals surface area contributed by atoms with Gasteiger partial charge < -0.3 is 9.47 Å². The number of hydrogen-bond acceptors (Lipinski definition) is 6. The molecule has 1 aromatic carbocycles. The van der Waals surface area contributed by atoms with E-state index in [-0.39, 0.29) is 12.3 Å². The number of carbonyl (C=O) groups is 4. The van der Waals surface area contributed by atoms with E-state index in [1.807, 2.05) is 12.1 Å². The normalized spacial score (nSPS) is 33.3. The Morgan fingerprint density at radius 2 is 1.45 bits per heavy atom.